The summed E-state index contributed by atoms with van der Waals surface area (Å²) in [7, 11) is -4.26. The van der Waals surface area contributed by atoms with Gasteiger partial charge in [0.05, 0.1) is 6.54 Å². The third kappa shape index (κ3) is 4.21. The number of nitrogens with zero attached hydrogens (tertiary/aromatic N) is 1. The molecule has 0 saturated heterocycles. The number of nitrogens with one attached hydrogen (secondary N) is 1. The molecular weight excluding hydrogens is 309 g/mol. The van der Waals surface area contributed by atoms with Gasteiger partial charge in [0.2, 0.25) is 5.09 Å². The summed E-state index contributed by atoms with van der Waals surface area (Å²) in [5.41, 5.74) is 0. The Balaban J connectivity index is 2.20. The van der Waals surface area contributed by atoms with E-state index in [0.29, 0.717) is 36.0 Å². The Labute approximate surface area is 121 Å². The average molecular weight is 326 g/mol. The number of hydrogen-bond acceptors (Lipinski definition) is 4. The summed E-state index contributed by atoms with van der Waals surface area (Å²) in [6, 6.07) is 2.07. The summed E-state index contributed by atoms with van der Waals surface area (Å²) >= 11 is 0. The van der Waals surface area contributed by atoms with Gasteiger partial charge in [0.15, 0.2) is 0 Å². The van der Waals surface area contributed by atoms with Gasteiger partial charge in [0.25, 0.3) is 10.0 Å². The Hall–Kier alpha value is -1.06. The van der Waals surface area contributed by atoms with Gasteiger partial charge in [0.1, 0.15) is 12.3 Å². The Bertz CT molecular complexity index is 579. The van der Waals surface area contributed by atoms with Gasteiger partial charge in [-0.1, -0.05) is 6.92 Å². The fourth-order valence-corrected chi connectivity index (χ4v) is 3.51. The molecule has 0 radical (unpaired) electrons. The molecule has 0 spiro atoms. The highest BCUT2D eigenvalue weighted by molar-refractivity contribution is 7.89. The van der Waals surface area contributed by atoms with Crippen LogP contribution in [0.4, 0.5) is 13.2 Å². The van der Waals surface area contributed by atoms with E-state index in [1.807, 2.05) is 6.92 Å². The second-order valence-electron chi connectivity index (χ2n) is 4.90. The van der Waals surface area contributed by atoms with Crippen molar-refractivity contribution in [3.63, 3.8) is 0 Å². The minimum atomic E-state index is -4.57. The minimum absolute atomic E-state index is 0.328. The maximum absolute atomic E-state index is 12.6. The quantitative estimate of drug-likeness (QED) is 0.833. The van der Waals surface area contributed by atoms with E-state index in [1.54, 1.807) is 0 Å². The minimum Gasteiger partial charge on any atom is -0.447 e. The van der Waals surface area contributed by atoms with Crippen LogP contribution < -0.4 is 5.32 Å². The largest absolute Gasteiger partial charge is 0.447 e. The standard InChI is InChI=1S/C12H17F3N2O3S/c1-2-16-7-10-5-6-11(20-10)21(18,19)17(9-3-4-9)8-12(13,14)15/h5-6,9,16H,2-4,7-8H2,1H3. The van der Waals surface area contributed by atoms with Crippen molar-refractivity contribution in [2.45, 2.75) is 43.6 Å². The molecule has 5 nitrogen and oxygen atoms in total. The summed E-state index contributed by atoms with van der Waals surface area (Å²) in [4.78, 5) is 0. The molecule has 0 atom stereocenters. The zero-order valence-corrected chi connectivity index (χ0v) is 12.3. The van der Waals surface area contributed by atoms with Gasteiger partial charge in [0, 0.05) is 6.04 Å². The molecule has 1 aliphatic carbocycles. The average Bonchev–Trinajstić information content (AvgIpc) is 3.10. The smallest absolute Gasteiger partial charge is 0.402 e. The van der Waals surface area contributed by atoms with Crippen LogP contribution in [-0.2, 0) is 16.6 Å². The first-order valence-corrected chi connectivity index (χ1v) is 8.06. The monoisotopic (exact) mass is 326 g/mol. The highest BCUT2D eigenvalue weighted by atomic mass is 32.2. The third-order valence-corrected chi connectivity index (χ3v) is 4.81. The predicted molar refractivity (Wildman–Crippen MR) is 69.1 cm³/mol. The van der Waals surface area contributed by atoms with Crippen LogP contribution in [0.1, 0.15) is 25.5 Å². The number of alkyl halides is 3. The van der Waals surface area contributed by atoms with E-state index in [9.17, 15) is 21.6 Å². The lowest BCUT2D eigenvalue weighted by Gasteiger charge is -2.21. The molecular formula is C12H17F3N2O3S. The number of hydrogen-bond donors (Lipinski definition) is 1. The van der Waals surface area contributed by atoms with Crippen LogP contribution in [0, 0.1) is 0 Å². The summed E-state index contributed by atoms with van der Waals surface area (Å²) in [5.74, 6) is 0.373. The van der Waals surface area contributed by atoms with Crippen LogP contribution in [0.2, 0.25) is 0 Å². The van der Waals surface area contributed by atoms with Crippen LogP contribution in [0.3, 0.4) is 0 Å². The Morgan fingerprint density at radius 2 is 2.05 bits per heavy atom. The normalized spacial score (nSPS) is 16.6. The number of sulfonamides is 1. The van der Waals surface area contributed by atoms with Crippen LogP contribution in [0.15, 0.2) is 21.6 Å². The molecule has 1 N–H and O–H groups in total. The lowest BCUT2D eigenvalue weighted by Crippen LogP contribution is -2.40. The van der Waals surface area contributed by atoms with E-state index in [2.05, 4.69) is 5.32 Å². The van der Waals surface area contributed by atoms with Crippen molar-refractivity contribution in [3.8, 4) is 0 Å². The van der Waals surface area contributed by atoms with Gasteiger partial charge in [-0.05, 0) is 31.5 Å². The first kappa shape index (κ1) is 16.3. The molecule has 1 aliphatic rings. The SMILES string of the molecule is CCNCc1ccc(S(=O)(=O)N(CC(F)(F)F)C2CC2)o1. The molecule has 0 aromatic carbocycles. The summed E-state index contributed by atoms with van der Waals surface area (Å²) in [5, 5.41) is 2.51. The van der Waals surface area contributed by atoms with Crippen molar-refractivity contribution in [2.24, 2.45) is 0 Å². The number of rotatable bonds is 7. The highest BCUT2D eigenvalue weighted by Gasteiger charge is 2.45. The van der Waals surface area contributed by atoms with Crippen molar-refractivity contribution in [1.82, 2.24) is 9.62 Å². The molecule has 1 fully saturated rings. The Kier molecular flexibility index (Phi) is 4.64. The van der Waals surface area contributed by atoms with E-state index in [-0.39, 0.29) is 0 Å². The van der Waals surface area contributed by atoms with Crippen LogP contribution in [0.5, 0.6) is 0 Å². The molecule has 0 bridgehead atoms. The Morgan fingerprint density at radius 1 is 1.38 bits per heavy atom. The van der Waals surface area contributed by atoms with Crippen molar-refractivity contribution < 1.29 is 26.0 Å². The summed E-state index contributed by atoms with van der Waals surface area (Å²) in [6.45, 7) is 1.39. The fraction of sp³-hybridized carbons (Fsp3) is 0.667. The molecule has 0 amide bonds. The maximum atomic E-state index is 12.6. The van der Waals surface area contributed by atoms with Crippen molar-refractivity contribution in [1.29, 1.82) is 0 Å². The molecule has 1 aromatic rings. The molecule has 1 saturated carbocycles. The lowest BCUT2D eigenvalue weighted by atomic mass is 10.4. The van der Waals surface area contributed by atoms with E-state index in [0.717, 1.165) is 0 Å². The zero-order valence-electron chi connectivity index (χ0n) is 11.5. The second-order valence-corrected chi connectivity index (χ2v) is 6.72. The molecule has 1 aromatic heterocycles. The first-order valence-electron chi connectivity index (χ1n) is 6.62. The zero-order chi connectivity index (χ0) is 15.7. The van der Waals surface area contributed by atoms with Crippen molar-refractivity contribution in [3.05, 3.63) is 17.9 Å². The fourth-order valence-electron chi connectivity index (χ4n) is 1.91. The van der Waals surface area contributed by atoms with E-state index in [4.69, 9.17) is 4.42 Å². The van der Waals surface area contributed by atoms with Crippen molar-refractivity contribution >= 4 is 10.0 Å². The molecule has 0 aliphatic heterocycles. The molecule has 120 valence electrons. The topological polar surface area (TPSA) is 62.6 Å². The van der Waals surface area contributed by atoms with Crippen LogP contribution in [-0.4, -0.2) is 38.0 Å². The summed E-state index contributed by atoms with van der Waals surface area (Å²) < 4.78 is 67.9. The molecule has 1 heterocycles. The second kappa shape index (κ2) is 5.98. The van der Waals surface area contributed by atoms with Gasteiger partial charge in [-0.2, -0.15) is 17.5 Å². The van der Waals surface area contributed by atoms with E-state index < -0.39 is 33.9 Å². The third-order valence-electron chi connectivity index (χ3n) is 3.04. The number of halogens is 3. The van der Waals surface area contributed by atoms with Gasteiger partial charge >= 0.3 is 6.18 Å². The predicted octanol–water partition coefficient (Wildman–Crippen LogP) is 2.10. The van der Waals surface area contributed by atoms with Crippen molar-refractivity contribution in [2.75, 3.05) is 13.1 Å². The number of furan rings is 1. The van der Waals surface area contributed by atoms with E-state index in [1.165, 1.54) is 12.1 Å². The van der Waals surface area contributed by atoms with Gasteiger partial charge in [-0.25, -0.2) is 8.42 Å². The lowest BCUT2D eigenvalue weighted by molar-refractivity contribution is -0.137. The maximum Gasteiger partial charge on any atom is 0.402 e. The molecule has 9 heteroatoms. The van der Waals surface area contributed by atoms with Crippen LogP contribution in [0.25, 0.3) is 0 Å². The van der Waals surface area contributed by atoms with Gasteiger partial charge in [-0.15, -0.1) is 0 Å². The van der Waals surface area contributed by atoms with E-state index >= 15 is 0 Å². The molecule has 21 heavy (non-hydrogen) atoms. The van der Waals surface area contributed by atoms with Gasteiger partial charge < -0.3 is 9.73 Å². The van der Waals surface area contributed by atoms with Crippen LogP contribution >= 0.6 is 0 Å². The molecule has 0 unspecified atom stereocenters. The Morgan fingerprint density at radius 3 is 2.57 bits per heavy atom. The van der Waals surface area contributed by atoms with Gasteiger partial charge in [-0.3, -0.25) is 0 Å². The molecule has 2 rings (SSSR count). The first-order chi connectivity index (χ1) is 9.74. The highest BCUT2D eigenvalue weighted by Crippen LogP contribution is 2.35. The summed E-state index contributed by atoms with van der Waals surface area (Å²) in [6.07, 6.45) is -3.69.